The van der Waals surface area contributed by atoms with Crippen LogP contribution in [0.25, 0.3) is 0 Å². The Kier molecular flexibility index (Phi) is 4.68. The highest BCUT2D eigenvalue weighted by Gasteiger charge is 2.16. The predicted molar refractivity (Wildman–Crippen MR) is 83.9 cm³/mol. The number of thiophene rings is 1. The number of hydrogen-bond donors (Lipinski definition) is 1. The lowest BCUT2D eigenvalue weighted by Gasteiger charge is -2.14. The Labute approximate surface area is 131 Å². The molecule has 0 saturated carbocycles. The first kappa shape index (κ1) is 15.3. The average molecular weight is 329 g/mol. The molecule has 1 unspecified atom stereocenters. The van der Waals surface area contributed by atoms with Crippen molar-refractivity contribution in [1.29, 1.82) is 0 Å². The Balaban J connectivity index is 2.17. The van der Waals surface area contributed by atoms with E-state index >= 15 is 0 Å². The smallest absolute Gasteiger partial charge is 0.251 e. The van der Waals surface area contributed by atoms with Gasteiger partial charge in [-0.3, -0.25) is 4.79 Å². The van der Waals surface area contributed by atoms with Crippen molar-refractivity contribution in [2.45, 2.75) is 26.8 Å². The number of nitrogens with zero attached hydrogens (tertiary/aromatic N) is 1. The maximum atomic E-state index is 12.2. The average Bonchev–Trinajstić information content (AvgIpc) is 2.67. The van der Waals surface area contributed by atoms with E-state index in [1.54, 1.807) is 11.3 Å². The van der Waals surface area contributed by atoms with E-state index in [0.717, 1.165) is 5.56 Å². The fourth-order valence-electron chi connectivity index (χ4n) is 2.03. The normalized spacial score (nSPS) is 12.2. The number of pyridine rings is 1. The summed E-state index contributed by atoms with van der Waals surface area (Å²) < 4.78 is 0. The summed E-state index contributed by atoms with van der Waals surface area (Å²) in [5.41, 5.74) is 1.54. The molecule has 106 valence electrons. The van der Waals surface area contributed by atoms with Gasteiger partial charge < -0.3 is 5.32 Å². The fraction of sp³-hybridized carbons (Fsp3) is 0.286. The lowest BCUT2D eigenvalue weighted by Crippen LogP contribution is -2.26. The third kappa shape index (κ3) is 3.51. The molecule has 0 aliphatic heterocycles. The summed E-state index contributed by atoms with van der Waals surface area (Å²) in [5, 5.41) is 3.36. The number of hydrogen-bond acceptors (Lipinski definition) is 3. The van der Waals surface area contributed by atoms with Crippen LogP contribution in [0.15, 0.2) is 18.2 Å². The molecule has 0 saturated heterocycles. The molecule has 1 amide bonds. The maximum absolute atomic E-state index is 12.2. The number of carbonyl (C=O) groups excluding carboxylic acids is 1. The SMILES string of the molecule is Cc1cc(C(C)NC(=O)c2cc(Cl)nc(Cl)c2)c(C)s1. The molecule has 2 aromatic heterocycles. The Morgan fingerprint density at radius 2 is 1.85 bits per heavy atom. The number of amides is 1. The molecule has 1 N–H and O–H groups in total. The minimum Gasteiger partial charge on any atom is -0.345 e. The number of carbonyl (C=O) groups is 1. The van der Waals surface area contributed by atoms with Gasteiger partial charge in [0.2, 0.25) is 0 Å². The first-order valence-corrected chi connectivity index (χ1v) is 7.65. The number of aryl methyl sites for hydroxylation is 2. The van der Waals surface area contributed by atoms with Gasteiger partial charge in [-0.1, -0.05) is 23.2 Å². The topological polar surface area (TPSA) is 42.0 Å². The second-order valence-electron chi connectivity index (χ2n) is 4.56. The third-order valence-electron chi connectivity index (χ3n) is 2.92. The van der Waals surface area contributed by atoms with E-state index in [9.17, 15) is 4.79 Å². The summed E-state index contributed by atoms with van der Waals surface area (Å²) in [6, 6.07) is 5.03. The summed E-state index contributed by atoms with van der Waals surface area (Å²) in [7, 11) is 0. The Morgan fingerprint density at radius 3 is 2.35 bits per heavy atom. The van der Waals surface area contributed by atoms with E-state index in [1.807, 2.05) is 6.92 Å². The minimum absolute atomic E-state index is 0.0711. The van der Waals surface area contributed by atoms with Crippen LogP contribution in [0, 0.1) is 13.8 Å². The van der Waals surface area contributed by atoms with Crippen LogP contribution in [-0.4, -0.2) is 10.9 Å². The van der Waals surface area contributed by atoms with Crippen molar-refractivity contribution in [3.63, 3.8) is 0 Å². The van der Waals surface area contributed by atoms with E-state index in [4.69, 9.17) is 23.2 Å². The molecule has 1 atom stereocenters. The molecular formula is C14H14Cl2N2OS. The van der Waals surface area contributed by atoms with Crippen molar-refractivity contribution in [3.05, 3.63) is 49.4 Å². The predicted octanol–water partition coefficient (Wildman–Crippen LogP) is 4.56. The molecule has 3 nitrogen and oxygen atoms in total. The van der Waals surface area contributed by atoms with Gasteiger partial charge in [0.15, 0.2) is 0 Å². The van der Waals surface area contributed by atoms with Gasteiger partial charge in [0.1, 0.15) is 10.3 Å². The van der Waals surface area contributed by atoms with Crippen LogP contribution in [0.4, 0.5) is 0 Å². The fourth-order valence-corrected chi connectivity index (χ4v) is 3.52. The van der Waals surface area contributed by atoms with E-state index in [-0.39, 0.29) is 22.3 Å². The molecule has 0 fully saturated rings. The summed E-state index contributed by atoms with van der Waals surface area (Å²) in [4.78, 5) is 18.5. The van der Waals surface area contributed by atoms with E-state index in [0.29, 0.717) is 5.56 Å². The molecule has 0 aliphatic carbocycles. The highest BCUT2D eigenvalue weighted by molar-refractivity contribution is 7.12. The second kappa shape index (κ2) is 6.12. The second-order valence-corrected chi connectivity index (χ2v) is 6.80. The van der Waals surface area contributed by atoms with Gasteiger partial charge >= 0.3 is 0 Å². The molecule has 6 heteroatoms. The number of nitrogens with one attached hydrogen (secondary N) is 1. The first-order valence-electron chi connectivity index (χ1n) is 6.07. The van der Waals surface area contributed by atoms with Gasteiger partial charge in [0.25, 0.3) is 5.91 Å². The standard InChI is InChI=1S/C14H14Cl2N2OS/c1-7-4-11(9(3)20-7)8(2)17-14(19)10-5-12(15)18-13(16)6-10/h4-6,8H,1-3H3,(H,17,19). The molecule has 0 bridgehead atoms. The third-order valence-corrected chi connectivity index (χ3v) is 4.29. The quantitative estimate of drug-likeness (QED) is 0.839. The Bertz CT molecular complexity index is 634. The van der Waals surface area contributed by atoms with Crippen LogP contribution in [0.5, 0.6) is 0 Å². The number of halogens is 2. The minimum atomic E-state index is -0.216. The first-order chi connectivity index (χ1) is 9.36. The summed E-state index contributed by atoms with van der Waals surface area (Å²) in [6.45, 7) is 6.06. The van der Waals surface area contributed by atoms with Crippen LogP contribution >= 0.6 is 34.5 Å². The van der Waals surface area contributed by atoms with Gasteiger partial charge in [-0.25, -0.2) is 4.98 Å². The van der Waals surface area contributed by atoms with Crippen molar-refractivity contribution < 1.29 is 4.79 Å². The molecule has 20 heavy (non-hydrogen) atoms. The molecule has 2 heterocycles. The zero-order chi connectivity index (χ0) is 14.9. The highest BCUT2D eigenvalue weighted by Crippen LogP contribution is 2.26. The lowest BCUT2D eigenvalue weighted by molar-refractivity contribution is 0.0940. The van der Waals surface area contributed by atoms with E-state index < -0.39 is 0 Å². The maximum Gasteiger partial charge on any atom is 0.251 e. The van der Waals surface area contributed by atoms with Gasteiger partial charge in [-0.2, -0.15) is 0 Å². The number of rotatable bonds is 3. The van der Waals surface area contributed by atoms with Crippen LogP contribution in [-0.2, 0) is 0 Å². The molecule has 0 radical (unpaired) electrons. The molecular weight excluding hydrogens is 315 g/mol. The van der Waals surface area contributed by atoms with E-state index in [2.05, 4.69) is 30.2 Å². The summed E-state index contributed by atoms with van der Waals surface area (Å²) in [6.07, 6.45) is 0. The van der Waals surface area contributed by atoms with Crippen molar-refractivity contribution in [3.8, 4) is 0 Å². The van der Waals surface area contributed by atoms with Gasteiger partial charge in [0.05, 0.1) is 6.04 Å². The van der Waals surface area contributed by atoms with Crippen molar-refractivity contribution in [1.82, 2.24) is 10.3 Å². The van der Waals surface area contributed by atoms with Gasteiger partial charge in [-0.15, -0.1) is 11.3 Å². The molecule has 2 aromatic rings. The number of aromatic nitrogens is 1. The largest absolute Gasteiger partial charge is 0.345 e. The monoisotopic (exact) mass is 328 g/mol. The van der Waals surface area contributed by atoms with Crippen molar-refractivity contribution in [2.24, 2.45) is 0 Å². The van der Waals surface area contributed by atoms with Crippen LogP contribution in [0.3, 0.4) is 0 Å². The molecule has 0 aliphatic rings. The molecule has 0 aromatic carbocycles. The lowest BCUT2D eigenvalue weighted by atomic mass is 10.1. The Hall–Kier alpha value is -1.10. The summed E-state index contributed by atoms with van der Waals surface area (Å²) in [5.74, 6) is -0.216. The molecule has 2 rings (SSSR count). The molecule has 0 spiro atoms. The zero-order valence-electron chi connectivity index (χ0n) is 11.3. The van der Waals surface area contributed by atoms with Gasteiger partial charge in [-0.05, 0) is 44.5 Å². The van der Waals surface area contributed by atoms with Crippen LogP contribution in [0.2, 0.25) is 10.3 Å². The highest BCUT2D eigenvalue weighted by atomic mass is 35.5. The Morgan fingerprint density at radius 1 is 1.25 bits per heavy atom. The van der Waals surface area contributed by atoms with Crippen molar-refractivity contribution in [2.75, 3.05) is 0 Å². The summed E-state index contributed by atoms with van der Waals surface area (Å²) >= 11 is 13.3. The zero-order valence-corrected chi connectivity index (χ0v) is 13.7. The van der Waals surface area contributed by atoms with E-state index in [1.165, 1.54) is 21.9 Å². The van der Waals surface area contributed by atoms with Crippen LogP contribution < -0.4 is 5.32 Å². The van der Waals surface area contributed by atoms with Crippen LogP contribution in [0.1, 0.15) is 38.6 Å². The van der Waals surface area contributed by atoms with Gasteiger partial charge in [0, 0.05) is 15.3 Å². The van der Waals surface area contributed by atoms with Crippen molar-refractivity contribution >= 4 is 40.4 Å².